The normalized spacial score (nSPS) is 10.6. The van der Waals surface area contributed by atoms with Crippen LogP contribution in [-0.4, -0.2) is 9.13 Å². The average Bonchev–Trinajstić information content (AvgIpc) is 1.54. The summed E-state index contributed by atoms with van der Waals surface area (Å²) in [6.45, 7) is 0. The predicted molar refractivity (Wildman–Crippen MR) is 359 cm³/mol. The van der Waals surface area contributed by atoms with Gasteiger partial charge in [0.1, 0.15) is 0 Å². The molecular weight excluding hydrogens is 1250 g/mol. The standard InChI is InChI=1S/C81H29F3N16/c82-81(83,84)70-23-44(30-85)1-8-63(70)50-3-10-71(99-72-11-4-51(77-55(36-91)15-46(32-87)16-56(77)37-92)26-66(72)67-27-52(5-12-73(67)99)78-57(38-93)17-47(33-88)18-58(78)39-94)65(25-50)64-9-2-45(31-86)24-76(64)100-74-13-6-53(79-59(40-95)19-48(34-89)20-60(79)41-96)28-68(74)69-29-54(7-14-75(69)100)80-61(42-97)21-49(35-90)22-62(80)43-98/h1-29H. The third-order valence-corrected chi connectivity index (χ3v) is 17.4. The first-order valence-electron chi connectivity index (χ1n) is 29.6. The highest BCUT2D eigenvalue weighted by Gasteiger charge is 2.35. The maximum Gasteiger partial charge on any atom is 0.417 e. The Labute approximate surface area is 565 Å². The van der Waals surface area contributed by atoms with Crippen LogP contribution in [0, 0.1) is 159 Å². The van der Waals surface area contributed by atoms with E-state index in [1.807, 2.05) is 28.8 Å². The van der Waals surface area contributed by atoms with Crippen molar-refractivity contribution in [1.82, 2.24) is 9.13 Å². The van der Waals surface area contributed by atoms with Crippen molar-refractivity contribution >= 4 is 43.6 Å². The molecular formula is C81H29F3N16. The van der Waals surface area contributed by atoms with Gasteiger partial charge in [0.15, 0.2) is 0 Å². The molecule has 0 aliphatic rings. The SMILES string of the molecule is N#Cc1cc(C#N)c(-c2ccc3c(c2)c2cc(-c4c(C#N)cc(C#N)cc4C#N)ccc2n3-c2ccc(-c3ccc(C#N)cc3C(F)(F)F)cc2-c2ccc(C#N)cc2-n2c3ccc(-c4c(C#N)cc(C#N)cc4C#N)cc3c3cc(-c4c(C#N)cc(C#N)cc4C#N)ccc32)c(C#N)c1. The molecule has 0 unspecified atom stereocenters. The zero-order valence-electron chi connectivity index (χ0n) is 51.0. The van der Waals surface area contributed by atoms with Crippen LogP contribution in [0.5, 0.6) is 0 Å². The zero-order chi connectivity index (χ0) is 70.4. The summed E-state index contributed by atoms with van der Waals surface area (Å²) in [6.07, 6.45) is -5.00. The van der Waals surface area contributed by atoms with Crippen LogP contribution in [0.15, 0.2) is 176 Å². The summed E-state index contributed by atoms with van der Waals surface area (Å²) in [5.74, 6) is 0. The summed E-state index contributed by atoms with van der Waals surface area (Å²) < 4.78 is 50.2. The van der Waals surface area contributed by atoms with E-state index in [1.165, 1.54) is 72.8 Å². The van der Waals surface area contributed by atoms with Gasteiger partial charge in [0.25, 0.3) is 0 Å². The van der Waals surface area contributed by atoms with Crippen molar-refractivity contribution in [1.29, 1.82) is 73.7 Å². The molecule has 0 bridgehead atoms. The van der Waals surface area contributed by atoms with Gasteiger partial charge in [0.05, 0.1) is 202 Å². The minimum atomic E-state index is -5.00. The molecule has 0 amide bonds. The third-order valence-electron chi connectivity index (χ3n) is 17.4. The maximum absolute atomic E-state index is 15.5. The Morgan fingerprint density at radius 3 is 0.800 bits per heavy atom. The van der Waals surface area contributed by atoms with E-state index >= 15 is 13.2 Å². The summed E-state index contributed by atoms with van der Waals surface area (Å²) in [5, 5.41) is 147. The summed E-state index contributed by atoms with van der Waals surface area (Å²) in [5.41, 5.74) is 3.53. The zero-order valence-corrected chi connectivity index (χ0v) is 51.0. The van der Waals surface area contributed by atoms with Gasteiger partial charge in [-0.05, 0) is 167 Å². The molecule has 2 aromatic heterocycles. The molecule has 0 radical (unpaired) electrons. The van der Waals surface area contributed by atoms with E-state index in [0.717, 1.165) is 6.07 Å². The average molecular weight is 1280 g/mol. The second-order valence-electron chi connectivity index (χ2n) is 22.7. The molecule has 0 fully saturated rings. The van der Waals surface area contributed by atoms with Gasteiger partial charge >= 0.3 is 6.18 Å². The maximum atomic E-state index is 15.5. The molecule has 0 aliphatic carbocycles. The number of alkyl halides is 3. The van der Waals surface area contributed by atoms with Crippen LogP contribution >= 0.6 is 0 Å². The molecule has 0 aliphatic heterocycles. The lowest BCUT2D eigenvalue weighted by atomic mass is 9.91. The highest BCUT2D eigenvalue weighted by atomic mass is 19.4. The smallest absolute Gasteiger partial charge is 0.309 e. The Morgan fingerprint density at radius 1 is 0.230 bits per heavy atom. The second-order valence-corrected chi connectivity index (χ2v) is 22.7. The van der Waals surface area contributed by atoms with Crippen molar-refractivity contribution in [3.05, 3.63) is 259 Å². The molecule has 0 atom stereocenters. The first-order valence-corrected chi connectivity index (χ1v) is 29.6. The molecule has 100 heavy (non-hydrogen) atoms. The minimum Gasteiger partial charge on any atom is -0.309 e. The molecule has 454 valence electrons. The summed E-state index contributed by atoms with van der Waals surface area (Å²) in [7, 11) is 0. The van der Waals surface area contributed by atoms with Gasteiger partial charge < -0.3 is 9.13 Å². The van der Waals surface area contributed by atoms with Gasteiger partial charge in [-0.2, -0.15) is 86.8 Å². The van der Waals surface area contributed by atoms with Crippen LogP contribution < -0.4 is 0 Å². The lowest BCUT2D eigenvalue weighted by Crippen LogP contribution is -2.08. The van der Waals surface area contributed by atoms with Gasteiger partial charge in [-0.1, -0.05) is 42.5 Å². The predicted octanol–water partition coefficient (Wildman–Crippen LogP) is 17.1. The molecule has 19 heteroatoms. The van der Waals surface area contributed by atoms with Crippen molar-refractivity contribution in [3.8, 4) is 163 Å². The molecule has 0 N–H and O–H groups in total. The molecule has 0 saturated carbocycles. The van der Waals surface area contributed by atoms with Crippen molar-refractivity contribution in [3.63, 3.8) is 0 Å². The second kappa shape index (κ2) is 24.6. The molecule has 0 spiro atoms. The van der Waals surface area contributed by atoms with Gasteiger partial charge in [-0.3, -0.25) is 0 Å². The van der Waals surface area contributed by atoms with Crippen LogP contribution in [0.2, 0.25) is 0 Å². The first-order chi connectivity index (χ1) is 48.5. The molecule has 0 saturated heterocycles. The fraction of sp³-hybridized carbons (Fsp3) is 0.0123. The molecule has 16 nitrogen and oxygen atoms in total. The van der Waals surface area contributed by atoms with Crippen molar-refractivity contribution < 1.29 is 13.2 Å². The number of aromatic nitrogens is 2. The van der Waals surface area contributed by atoms with Gasteiger partial charge in [0, 0.05) is 54.9 Å². The minimum absolute atomic E-state index is 0.000207. The van der Waals surface area contributed by atoms with Gasteiger partial charge in [-0.25, -0.2) is 0 Å². The largest absolute Gasteiger partial charge is 0.417 e. The van der Waals surface area contributed by atoms with Crippen molar-refractivity contribution in [2.45, 2.75) is 6.18 Å². The van der Waals surface area contributed by atoms with E-state index in [1.54, 1.807) is 108 Å². The van der Waals surface area contributed by atoms with Crippen LogP contribution in [-0.2, 0) is 6.18 Å². The molecule has 13 rings (SSSR count). The Kier molecular flexibility index (Phi) is 15.4. The number of hydrogen-bond donors (Lipinski definition) is 0. The van der Waals surface area contributed by atoms with E-state index in [4.69, 9.17) is 0 Å². The molecule has 11 aromatic carbocycles. The summed E-state index contributed by atoms with van der Waals surface area (Å²) in [4.78, 5) is 0. The van der Waals surface area contributed by atoms with Crippen LogP contribution in [0.1, 0.15) is 83.5 Å². The van der Waals surface area contributed by atoms with E-state index in [2.05, 4.69) is 54.6 Å². The number of benzene rings is 11. The third kappa shape index (κ3) is 10.2. The van der Waals surface area contributed by atoms with E-state index in [9.17, 15) is 73.7 Å². The fourth-order valence-electron chi connectivity index (χ4n) is 13.2. The number of rotatable bonds is 8. The van der Waals surface area contributed by atoms with Gasteiger partial charge in [-0.15, -0.1) is 0 Å². The fourth-order valence-corrected chi connectivity index (χ4v) is 13.2. The van der Waals surface area contributed by atoms with Crippen LogP contribution in [0.25, 0.3) is 122 Å². The summed E-state index contributed by atoms with van der Waals surface area (Å²) >= 11 is 0. The van der Waals surface area contributed by atoms with Gasteiger partial charge in [0.2, 0.25) is 0 Å². The topological polar surface area (TPSA) is 343 Å². The lowest BCUT2D eigenvalue weighted by Gasteiger charge is -2.21. The Morgan fingerprint density at radius 2 is 0.510 bits per heavy atom. The van der Waals surface area contributed by atoms with Crippen molar-refractivity contribution in [2.24, 2.45) is 0 Å². The Bertz CT molecular complexity index is 6150. The first kappa shape index (κ1) is 62.5. The van der Waals surface area contributed by atoms with E-state index in [0.29, 0.717) is 71.6 Å². The Hall–Kier alpha value is -16.3. The lowest BCUT2D eigenvalue weighted by molar-refractivity contribution is -0.137. The quantitative estimate of drug-likeness (QED) is 0.136. The molecule has 2 heterocycles. The monoisotopic (exact) mass is 1280 g/mol. The highest BCUT2D eigenvalue weighted by Crippen LogP contribution is 2.48. The summed E-state index contributed by atoms with van der Waals surface area (Å²) in [6, 6.07) is 72.6. The number of fused-ring (bicyclic) bond motifs is 6. The number of hydrogen-bond acceptors (Lipinski definition) is 14. The number of nitrogens with zero attached hydrogens (tertiary/aromatic N) is 16. The van der Waals surface area contributed by atoms with E-state index in [-0.39, 0.29) is 128 Å². The van der Waals surface area contributed by atoms with Crippen LogP contribution in [0.3, 0.4) is 0 Å². The van der Waals surface area contributed by atoms with E-state index < -0.39 is 11.7 Å². The van der Waals surface area contributed by atoms with Crippen LogP contribution in [0.4, 0.5) is 13.2 Å². The van der Waals surface area contributed by atoms with Crippen molar-refractivity contribution in [2.75, 3.05) is 0 Å². The Balaban J connectivity index is 1.18. The number of halogens is 3. The molecule has 13 aromatic rings. The highest BCUT2D eigenvalue weighted by molar-refractivity contribution is 6.15. The number of nitriles is 14.